The van der Waals surface area contributed by atoms with E-state index in [4.69, 9.17) is 14.2 Å². The molecule has 7 heteroatoms. The van der Waals surface area contributed by atoms with Gasteiger partial charge in [-0.05, 0) is 48.2 Å². The Kier molecular flexibility index (Phi) is 6.57. The van der Waals surface area contributed by atoms with E-state index in [1.165, 1.54) is 0 Å². The summed E-state index contributed by atoms with van der Waals surface area (Å²) in [6, 6.07) is 19.9. The van der Waals surface area contributed by atoms with Gasteiger partial charge in [0.15, 0.2) is 11.4 Å². The number of amides is 1. The standard InChI is InChI=1S/C28H29N3O4/c1-33-22-13-20(14-23(15-22)34-2)24(16-27(32)30-21-10-11-21)25-17-29-28-26(9-6-12-31(25)28)35-18-19-7-4-3-5-8-19/h3-9,12-15,17,21,24H,10-11,16,18H2,1-2H3,(H,30,32). The number of carbonyl (C=O) groups is 1. The first-order chi connectivity index (χ1) is 17.1. The molecule has 1 N–H and O–H groups in total. The van der Waals surface area contributed by atoms with Gasteiger partial charge in [0, 0.05) is 36.8 Å². The minimum atomic E-state index is -0.253. The van der Waals surface area contributed by atoms with Crippen molar-refractivity contribution in [3.8, 4) is 17.2 Å². The normalized spacial score (nSPS) is 13.9. The number of aromatic nitrogens is 2. The molecular formula is C28H29N3O4. The van der Waals surface area contributed by atoms with E-state index in [2.05, 4.69) is 10.3 Å². The number of fused-ring (bicyclic) bond motifs is 1. The van der Waals surface area contributed by atoms with Crippen LogP contribution in [-0.4, -0.2) is 35.6 Å². The number of hydrogen-bond acceptors (Lipinski definition) is 5. The highest BCUT2D eigenvalue weighted by Crippen LogP contribution is 2.35. The predicted octanol–water partition coefficient (Wildman–Crippen LogP) is 4.73. The lowest BCUT2D eigenvalue weighted by Gasteiger charge is -2.19. The third-order valence-electron chi connectivity index (χ3n) is 6.23. The predicted molar refractivity (Wildman–Crippen MR) is 133 cm³/mol. The average molecular weight is 472 g/mol. The molecule has 0 bridgehead atoms. The van der Waals surface area contributed by atoms with Crippen LogP contribution in [0.3, 0.4) is 0 Å². The monoisotopic (exact) mass is 471 g/mol. The zero-order valence-electron chi connectivity index (χ0n) is 19.9. The average Bonchev–Trinajstić information content (AvgIpc) is 3.61. The van der Waals surface area contributed by atoms with E-state index in [1.54, 1.807) is 14.2 Å². The second kappa shape index (κ2) is 10.1. The smallest absolute Gasteiger partial charge is 0.221 e. The van der Waals surface area contributed by atoms with Gasteiger partial charge in [-0.2, -0.15) is 0 Å². The Bertz CT molecular complexity index is 1290. The zero-order chi connectivity index (χ0) is 24.2. The van der Waals surface area contributed by atoms with Gasteiger partial charge in [-0.1, -0.05) is 30.3 Å². The van der Waals surface area contributed by atoms with Crippen molar-refractivity contribution in [1.29, 1.82) is 0 Å². The van der Waals surface area contributed by atoms with Crippen LogP contribution in [0.15, 0.2) is 73.1 Å². The van der Waals surface area contributed by atoms with Crippen molar-refractivity contribution in [2.45, 2.75) is 37.8 Å². The van der Waals surface area contributed by atoms with Gasteiger partial charge < -0.3 is 23.9 Å². The molecule has 1 aliphatic rings. The van der Waals surface area contributed by atoms with E-state index in [9.17, 15) is 4.79 Å². The molecule has 180 valence electrons. The lowest BCUT2D eigenvalue weighted by Crippen LogP contribution is -2.27. The van der Waals surface area contributed by atoms with E-state index in [1.807, 2.05) is 77.5 Å². The highest BCUT2D eigenvalue weighted by atomic mass is 16.5. The second-order valence-corrected chi connectivity index (χ2v) is 8.77. The highest BCUT2D eigenvalue weighted by molar-refractivity contribution is 5.78. The van der Waals surface area contributed by atoms with Gasteiger partial charge in [0.25, 0.3) is 0 Å². The molecule has 5 rings (SSSR count). The SMILES string of the molecule is COc1cc(OC)cc(C(CC(=O)NC2CC2)c2cnc3c(OCc4ccccc4)cccn23)c1. The first-order valence-corrected chi connectivity index (χ1v) is 11.8. The number of hydrogen-bond donors (Lipinski definition) is 1. The Labute approximate surface area is 204 Å². The van der Waals surface area contributed by atoms with Gasteiger partial charge in [-0.3, -0.25) is 4.79 Å². The summed E-state index contributed by atoms with van der Waals surface area (Å²) >= 11 is 0. The molecule has 1 unspecified atom stereocenters. The highest BCUT2D eigenvalue weighted by Gasteiger charge is 2.28. The maximum atomic E-state index is 12.9. The molecule has 1 aliphatic carbocycles. The Morgan fingerprint density at radius 2 is 1.80 bits per heavy atom. The van der Waals surface area contributed by atoms with Crippen LogP contribution in [0.2, 0.25) is 0 Å². The number of rotatable bonds is 10. The summed E-state index contributed by atoms with van der Waals surface area (Å²) in [5.74, 6) is 1.80. The molecule has 1 fully saturated rings. The number of benzene rings is 2. The fourth-order valence-electron chi connectivity index (χ4n) is 4.23. The summed E-state index contributed by atoms with van der Waals surface area (Å²) in [4.78, 5) is 17.6. The molecule has 0 spiro atoms. The van der Waals surface area contributed by atoms with Crippen molar-refractivity contribution in [2.75, 3.05) is 14.2 Å². The molecule has 1 amide bonds. The summed E-state index contributed by atoms with van der Waals surface area (Å²) in [6.07, 6.45) is 6.15. The molecule has 0 saturated heterocycles. The molecule has 1 atom stereocenters. The lowest BCUT2D eigenvalue weighted by molar-refractivity contribution is -0.121. The Morgan fingerprint density at radius 3 is 2.49 bits per heavy atom. The Hall–Kier alpha value is -4.00. The number of nitrogens with zero attached hydrogens (tertiary/aromatic N) is 2. The molecule has 1 saturated carbocycles. The van der Waals surface area contributed by atoms with E-state index in [0.717, 1.165) is 29.7 Å². The molecule has 2 aromatic carbocycles. The third-order valence-corrected chi connectivity index (χ3v) is 6.23. The lowest BCUT2D eigenvalue weighted by atomic mass is 9.91. The minimum Gasteiger partial charge on any atom is -0.497 e. The number of nitrogens with one attached hydrogen (secondary N) is 1. The van der Waals surface area contributed by atoms with Gasteiger partial charge in [0.2, 0.25) is 5.91 Å². The molecule has 7 nitrogen and oxygen atoms in total. The summed E-state index contributed by atoms with van der Waals surface area (Å²) in [5, 5.41) is 3.12. The van der Waals surface area contributed by atoms with E-state index >= 15 is 0 Å². The number of pyridine rings is 1. The van der Waals surface area contributed by atoms with Crippen molar-refractivity contribution in [1.82, 2.24) is 14.7 Å². The van der Waals surface area contributed by atoms with Crippen molar-refractivity contribution < 1.29 is 19.0 Å². The molecule has 2 heterocycles. The van der Waals surface area contributed by atoms with Gasteiger partial charge in [0.05, 0.1) is 19.9 Å². The number of carbonyl (C=O) groups excluding carboxylic acids is 1. The summed E-state index contributed by atoms with van der Waals surface area (Å²) in [7, 11) is 3.25. The second-order valence-electron chi connectivity index (χ2n) is 8.77. The Morgan fingerprint density at radius 1 is 1.06 bits per heavy atom. The third kappa shape index (κ3) is 5.24. The fraction of sp³-hybridized carbons (Fsp3) is 0.286. The Balaban J connectivity index is 1.51. The van der Waals surface area contributed by atoms with Crippen LogP contribution in [-0.2, 0) is 11.4 Å². The van der Waals surface area contributed by atoms with Crippen molar-refractivity contribution in [2.24, 2.45) is 0 Å². The van der Waals surface area contributed by atoms with Crippen LogP contribution < -0.4 is 19.5 Å². The van der Waals surface area contributed by atoms with Crippen LogP contribution in [0.4, 0.5) is 0 Å². The van der Waals surface area contributed by atoms with Gasteiger partial charge in [-0.25, -0.2) is 4.98 Å². The largest absolute Gasteiger partial charge is 0.497 e. The van der Waals surface area contributed by atoms with Crippen LogP contribution in [0.1, 0.15) is 42.0 Å². The van der Waals surface area contributed by atoms with Gasteiger partial charge in [-0.15, -0.1) is 0 Å². The van der Waals surface area contributed by atoms with Crippen LogP contribution in [0.25, 0.3) is 5.65 Å². The van der Waals surface area contributed by atoms with Crippen molar-refractivity contribution in [3.05, 3.63) is 89.9 Å². The summed E-state index contributed by atoms with van der Waals surface area (Å²) in [6.45, 7) is 0.447. The summed E-state index contributed by atoms with van der Waals surface area (Å²) in [5.41, 5.74) is 3.61. The molecular weight excluding hydrogens is 442 g/mol. The first-order valence-electron chi connectivity index (χ1n) is 11.8. The van der Waals surface area contributed by atoms with Crippen molar-refractivity contribution in [3.63, 3.8) is 0 Å². The molecule has 35 heavy (non-hydrogen) atoms. The van der Waals surface area contributed by atoms with Crippen molar-refractivity contribution >= 4 is 11.6 Å². The molecule has 0 aliphatic heterocycles. The van der Waals surface area contributed by atoms with Crippen LogP contribution in [0.5, 0.6) is 17.2 Å². The topological polar surface area (TPSA) is 74.1 Å². The number of imidazole rings is 1. The van der Waals surface area contributed by atoms with Crippen LogP contribution >= 0.6 is 0 Å². The molecule has 4 aromatic rings. The first kappa shape index (κ1) is 22.8. The quantitative estimate of drug-likeness (QED) is 0.362. The zero-order valence-corrected chi connectivity index (χ0v) is 19.9. The summed E-state index contributed by atoms with van der Waals surface area (Å²) < 4.78 is 19.1. The van der Waals surface area contributed by atoms with E-state index < -0.39 is 0 Å². The maximum Gasteiger partial charge on any atom is 0.221 e. The van der Waals surface area contributed by atoms with Gasteiger partial charge >= 0.3 is 0 Å². The maximum absolute atomic E-state index is 12.9. The molecule has 2 aromatic heterocycles. The molecule has 0 radical (unpaired) electrons. The van der Waals surface area contributed by atoms with Crippen LogP contribution in [0, 0.1) is 0 Å². The van der Waals surface area contributed by atoms with E-state index in [0.29, 0.717) is 35.5 Å². The van der Waals surface area contributed by atoms with Gasteiger partial charge in [0.1, 0.15) is 18.1 Å². The van der Waals surface area contributed by atoms with E-state index in [-0.39, 0.29) is 18.2 Å². The fourth-order valence-corrected chi connectivity index (χ4v) is 4.23. The number of ether oxygens (including phenoxy) is 3. The number of methoxy groups -OCH3 is 2. The minimum absolute atomic E-state index is 0.0192.